The van der Waals surface area contributed by atoms with Crippen LogP contribution in [0.15, 0.2) is 36.4 Å². The van der Waals surface area contributed by atoms with Crippen molar-refractivity contribution in [2.75, 3.05) is 22.2 Å². The van der Waals surface area contributed by atoms with Gasteiger partial charge in [-0.15, -0.1) is 0 Å². The summed E-state index contributed by atoms with van der Waals surface area (Å²) in [4.78, 5) is 0. The first-order chi connectivity index (χ1) is 11.9. The van der Waals surface area contributed by atoms with Gasteiger partial charge in [0.2, 0.25) is 0 Å². The summed E-state index contributed by atoms with van der Waals surface area (Å²) >= 11 is 0. The molecule has 0 unspecified atom stereocenters. The predicted molar refractivity (Wildman–Crippen MR) is 93.9 cm³/mol. The smallest absolute Gasteiger partial charge is 0.254 e. The summed E-state index contributed by atoms with van der Waals surface area (Å²) in [5.74, 6) is -0.168. The Labute approximate surface area is 146 Å². The van der Waals surface area contributed by atoms with Gasteiger partial charge in [0.25, 0.3) is 0 Å². The minimum Gasteiger partial charge on any atom is -0.254 e. The quantitative estimate of drug-likeness (QED) is 0.847. The molecule has 0 atom stereocenters. The van der Waals surface area contributed by atoms with Gasteiger partial charge in [-0.05, 0) is 42.5 Å². The zero-order valence-corrected chi connectivity index (χ0v) is 14.4. The SMILES string of the molecule is CN1c2cc(-c3cccc(F)c3C#N)ccc2N(CC2CC2)S1(=O)=O. The monoisotopic (exact) mass is 357 g/mol. The first-order valence-corrected chi connectivity index (χ1v) is 9.43. The van der Waals surface area contributed by atoms with Crippen molar-refractivity contribution in [3.8, 4) is 17.2 Å². The topological polar surface area (TPSA) is 64.4 Å². The predicted octanol–water partition coefficient (Wildman–Crippen LogP) is 3.28. The Morgan fingerprint density at radius 3 is 2.68 bits per heavy atom. The Morgan fingerprint density at radius 1 is 1.24 bits per heavy atom. The molecule has 7 heteroatoms. The highest BCUT2D eigenvalue weighted by Crippen LogP contribution is 2.44. The number of rotatable bonds is 3. The lowest BCUT2D eigenvalue weighted by Crippen LogP contribution is -2.36. The maximum Gasteiger partial charge on any atom is 0.326 e. The minimum atomic E-state index is -3.58. The van der Waals surface area contributed by atoms with Crippen LogP contribution in [0.4, 0.5) is 15.8 Å². The van der Waals surface area contributed by atoms with Crippen molar-refractivity contribution in [3.63, 3.8) is 0 Å². The molecule has 5 nitrogen and oxygen atoms in total. The van der Waals surface area contributed by atoms with Gasteiger partial charge in [-0.25, -0.2) is 4.39 Å². The Kier molecular flexibility index (Phi) is 3.48. The van der Waals surface area contributed by atoms with Crippen molar-refractivity contribution in [1.29, 1.82) is 5.26 Å². The van der Waals surface area contributed by atoms with Crippen LogP contribution in [0.5, 0.6) is 0 Å². The molecular weight excluding hydrogens is 341 g/mol. The fraction of sp³-hybridized carbons (Fsp3) is 0.278. The molecule has 0 N–H and O–H groups in total. The lowest BCUT2D eigenvalue weighted by molar-refractivity contribution is 0.590. The minimum absolute atomic E-state index is 0.0409. The fourth-order valence-electron chi connectivity index (χ4n) is 3.16. The van der Waals surface area contributed by atoms with E-state index >= 15 is 0 Å². The van der Waals surface area contributed by atoms with Crippen molar-refractivity contribution in [2.45, 2.75) is 12.8 Å². The summed E-state index contributed by atoms with van der Waals surface area (Å²) in [6.45, 7) is 0.489. The molecule has 1 aliphatic carbocycles. The van der Waals surface area contributed by atoms with Gasteiger partial charge in [-0.2, -0.15) is 13.7 Å². The summed E-state index contributed by atoms with van der Waals surface area (Å²) < 4.78 is 41.9. The molecule has 0 aromatic heterocycles. The summed E-state index contributed by atoms with van der Waals surface area (Å²) in [6, 6.07) is 11.5. The number of halogens is 1. The molecule has 0 spiro atoms. The normalized spacial score (nSPS) is 18.1. The van der Waals surface area contributed by atoms with E-state index in [1.54, 1.807) is 30.3 Å². The van der Waals surface area contributed by atoms with E-state index in [0.717, 1.165) is 12.8 Å². The van der Waals surface area contributed by atoms with Crippen LogP contribution in [0.2, 0.25) is 0 Å². The Morgan fingerprint density at radius 2 is 2.00 bits per heavy atom. The van der Waals surface area contributed by atoms with E-state index in [1.165, 1.54) is 21.7 Å². The molecule has 2 aliphatic rings. The van der Waals surface area contributed by atoms with Crippen LogP contribution in [0.25, 0.3) is 11.1 Å². The molecule has 1 heterocycles. The Hall–Kier alpha value is -2.59. The fourth-order valence-corrected chi connectivity index (χ4v) is 4.65. The number of nitriles is 1. The maximum atomic E-state index is 13.9. The van der Waals surface area contributed by atoms with Gasteiger partial charge in [0, 0.05) is 19.2 Å². The second-order valence-electron chi connectivity index (χ2n) is 6.43. The first-order valence-electron chi connectivity index (χ1n) is 8.03. The molecule has 0 saturated heterocycles. The average Bonchev–Trinajstić information content (AvgIpc) is 3.39. The first kappa shape index (κ1) is 15.9. The zero-order chi connectivity index (χ0) is 17.8. The van der Waals surface area contributed by atoms with E-state index < -0.39 is 16.0 Å². The number of nitrogens with zero attached hydrogens (tertiary/aromatic N) is 3. The number of fused-ring (bicyclic) bond motifs is 1. The molecule has 0 amide bonds. The highest BCUT2D eigenvalue weighted by atomic mass is 32.2. The zero-order valence-electron chi connectivity index (χ0n) is 13.6. The standard InChI is InChI=1S/C18H16FN3O2S/c1-21-18-9-13(14-3-2-4-16(19)15(14)10-20)7-8-17(18)22(25(21,23)24)11-12-5-6-12/h2-4,7-9,12H,5-6,11H2,1H3. The molecule has 1 aliphatic heterocycles. The molecule has 0 bridgehead atoms. The molecule has 2 aromatic carbocycles. The van der Waals surface area contributed by atoms with Gasteiger partial charge >= 0.3 is 10.2 Å². The van der Waals surface area contributed by atoms with Gasteiger partial charge in [-0.3, -0.25) is 8.61 Å². The second-order valence-corrected chi connectivity index (χ2v) is 8.31. The maximum absolute atomic E-state index is 13.9. The van der Waals surface area contributed by atoms with E-state index in [1.807, 2.05) is 6.07 Å². The molecule has 2 aromatic rings. The van der Waals surface area contributed by atoms with Crippen molar-refractivity contribution in [1.82, 2.24) is 0 Å². The molecule has 1 saturated carbocycles. The van der Waals surface area contributed by atoms with Crippen LogP contribution >= 0.6 is 0 Å². The third-order valence-corrected chi connectivity index (χ3v) is 6.56. The molecule has 1 fully saturated rings. The molecule has 4 rings (SSSR count). The molecular formula is C18H16FN3O2S. The Balaban J connectivity index is 1.83. The van der Waals surface area contributed by atoms with Crippen LogP contribution in [0, 0.1) is 23.1 Å². The van der Waals surface area contributed by atoms with E-state index in [0.29, 0.717) is 35.0 Å². The van der Waals surface area contributed by atoms with Gasteiger partial charge in [0.1, 0.15) is 11.9 Å². The number of hydrogen-bond donors (Lipinski definition) is 0. The van der Waals surface area contributed by atoms with Crippen LogP contribution in [-0.4, -0.2) is 22.0 Å². The Bertz CT molecular complexity index is 1010. The summed E-state index contributed by atoms with van der Waals surface area (Å²) in [6.07, 6.45) is 2.11. The number of hydrogen-bond acceptors (Lipinski definition) is 3. The second kappa shape index (κ2) is 5.46. The summed E-state index contributed by atoms with van der Waals surface area (Å²) in [7, 11) is -2.06. The van der Waals surface area contributed by atoms with E-state index in [2.05, 4.69) is 0 Å². The van der Waals surface area contributed by atoms with Gasteiger partial charge in [0.05, 0.1) is 16.9 Å². The van der Waals surface area contributed by atoms with Crippen LogP contribution in [0.3, 0.4) is 0 Å². The lowest BCUT2D eigenvalue weighted by atomic mass is 9.99. The summed E-state index contributed by atoms with van der Waals surface area (Å²) in [5, 5.41) is 9.23. The van der Waals surface area contributed by atoms with E-state index in [9.17, 15) is 18.1 Å². The van der Waals surface area contributed by atoms with Crippen LogP contribution < -0.4 is 8.61 Å². The van der Waals surface area contributed by atoms with E-state index in [4.69, 9.17) is 0 Å². The van der Waals surface area contributed by atoms with Crippen LogP contribution in [-0.2, 0) is 10.2 Å². The van der Waals surface area contributed by atoms with E-state index in [-0.39, 0.29) is 5.56 Å². The molecule has 128 valence electrons. The number of anilines is 2. The lowest BCUT2D eigenvalue weighted by Gasteiger charge is -2.18. The molecule has 0 radical (unpaired) electrons. The van der Waals surface area contributed by atoms with Gasteiger partial charge < -0.3 is 0 Å². The molecule has 25 heavy (non-hydrogen) atoms. The van der Waals surface area contributed by atoms with Crippen molar-refractivity contribution in [3.05, 3.63) is 47.8 Å². The van der Waals surface area contributed by atoms with Crippen molar-refractivity contribution < 1.29 is 12.8 Å². The summed E-state index contributed by atoms with van der Waals surface area (Å²) in [5.41, 5.74) is 2.21. The highest BCUT2D eigenvalue weighted by molar-refractivity contribution is 7.94. The number of benzene rings is 2. The largest absolute Gasteiger partial charge is 0.326 e. The highest BCUT2D eigenvalue weighted by Gasteiger charge is 2.41. The van der Waals surface area contributed by atoms with Gasteiger partial charge in [-0.1, -0.05) is 18.2 Å². The average molecular weight is 357 g/mol. The third-order valence-electron chi connectivity index (χ3n) is 4.77. The van der Waals surface area contributed by atoms with Crippen LogP contribution in [0.1, 0.15) is 18.4 Å². The van der Waals surface area contributed by atoms with Gasteiger partial charge in [0.15, 0.2) is 0 Å². The van der Waals surface area contributed by atoms with Crippen molar-refractivity contribution in [2.24, 2.45) is 5.92 Å². The third kappa shape index (κ3) is 2.45. The van der Waals surface area contributed by atoms with Crippen molar-refractivity contribution >= 4 is 21.6 Å².